The van der Waals surface area contributed by atoms with E-state index in [0.29, 0.717) is 17.5 Å². The molecule has 4 rings (SSSR count). The molecule has 0 saturated carbocycles. The fraction of sp³-hybridized carbons (Fsp3) is 0.684. The maximum atomic E-state index is 12.6. The summed E-state index contributed by atoms with van der Waals surface area (Å²) in [6.07, 6.45) is 6.19. The molecule has 2 aromatic rings. The Morgan fingerprint density at radius 1 is 1.27 bits per heavy atom. The molecule has 2 aromatic heterocycles. The number of rotatable bonds is 5. The third kappa shape index (κ3) is 3.31. The van der Waals surface area contributed by atoms with Gasteiger partial charge in [-0.05, 0) is 33.6 Å². The lowest BCUT2D eigenvalue weighted by molar-refractivity contribution is -0.0938. The fourth-order valence-corrected chi connectivity index (χ4v) is 3.97. The number of hydrogen-bond acceptors (Lipinski definition) is 5. The van der Waals surface area contributed by atoms with Crippen molar-refractivity contribution in [1.82, 2.24) is 19.3 Å². The van der Waals surface area contributed by atoms with Gasteiger partial charge < -0.3 is 14.5 Å². The maximum Gasteiger partial charge on any atom is 0.274 e. The molecule has 2 aliphatic rings. The lowest BCUT2D eigenvalue weighted by Gasteiger charge is -2.43. The Bertz CT molecular complexity index is 816. The lowest BCUT2D eigenvalue weighted by Crippen LogP contribution is -2.53. The summed E-state index contributed by atoms with van der Waals surface area (Å²) in [6, 6.07) is 0.143. The summed E-state index contributed by atoms with van der Waals surface area (Å²) in [5.41, 5.74) is 1.47. The molecule has 1 unspecified atom stereocenters. The molecular weight excluding hydrogens is 332 g/mol. The number of imidazole rings is 1. The number of ether oxygens (including phenoxy) is 2. The first-order valence-electron chi connectivity index (χ1n) is 9.60. The van der Waals surface area contributed by atoms with Crippen LogP contribution >= 0.6 is 0 Å². The minimum absolute atomic E-state index is 0.0735. The second-order valence-corrected chi connectivity index (χ2v) is 7.73. The predicted octanol–water partition coefficient (Wildman–Crippen LogP) is 2.09. The summed E-state index contributed by atoms with van der Waals surface area (Å²) >= 11 is 0. The van der Waals surface area contributed by atoms with Gasteiger partial charge in [0.25, 0.3) is 5.56 Å². The van der Waals surface area contributed by atoms with Crippen molar-refractivity contribution in [3.05, 3.63) is 34.3 Å². The van der Waals surface area contributed by atoms with E-state index in [-0.39, 0.29) is 17.7 Å². The van der Waals surface area contributed by atoms with Crippen molar-refractivity contribution in [2.45, 2.75) is 57.8 Å². The van der Waals surface area contributed by atoms with Crippen molar-refractivity contribution >= 4 is 5.52 Å². The molecule has 2 saturated heterocycles. The number of aromatic amines is 1. The first-order valence-corrected chi connectivity index (χ1v) is 9.60. The van der Waals surface area contributed by atoms with E-state index in [0.717, 1.165) is 50.7 Å². The third-order valence-electron chi connectivity index (χ3n) is 5.51. The van der Waals surface area contributed by atoms with Gasteiger partial charge in [0, 0.05) is 44.5 Å². The molecule has 0 amide bonds. The van der Waals surface area contributed by atoms with Crippen molar-refractivity contribution in [2.75, 3.05) is 26.3 Å². The van der Waals surface area contributed by atoms with Gasteiger partial charge in [-0.2, -0.15) is 0 Å². The van der Waals surface area contributed by atoms with Gasteiger partial charge in [-0.25, -0.2) is 4.98 Å². The maximum absolute atomic E-state index is 12.6. The zero-order valence-corrected chi connectivity index (χ0v) is 15.8. The summed E-state index contributed by atoms with van der Waals surface area (Å²) in [4.78, 5) is 22.5. The Labute approximate surface area is 153 Å². The van der Waals surface area contributed by atoms with Crippen LogP contribution in [-0.2, 0) is 9.47 Å². The van der Waals surface area contributed by atoms with E-state index < -0.39 is 0 Å². The van der Waals surface area contributed by atoms with Crippen LogP contribution in [0.15, 0.2) is 17.2 Å². The van der Waals surface area contributed by atoms with E-state index in [4.69, 9.17) is 9.47 Å². The smallest absolute Gasteiger partial charge is 0.274 e. The highest BCUT2D eigenvalue weighted by atomic mass is 16.5. The average Bonchev–Trinajstić information content (AvgIpc) is 3.02. The monoisotopic (exact) mass is 360 g/mol. The minimum Gasteiger partial charge on any atom is -0.381 e. The van der Waals surface area contributed by atoms with Crippen molar-refractivity contribution in [2.24, 2.45) is 0 Å². The Morgan fingerprint density at radius 3 is 2.69 bits per heavy atom. The molecule has 4 heterocycles. The summed E-state index contributed by atoms with van der Waals surface area (Å²) in [5, 5.41) is 0. The summed E-state index contributed by atoms with van der Waals surface area (Å²) in [7, 11) is 0. The molecule has 2 fully saturated rings. The van der Waals surface area contributed by atoms with E-state index in [2.05, 4.69) is 41.8 Å². The highest BCUT2D eigenvalue weighted by molar-refractivity contribution is 5.44. The van der Waals surface area contributed by atoms with E-state index in [1.807, 2.05) is 4.40 Å². The highest BCUT2D eigenvalue weighted by Gasteiger charge is 2.33. The second-order valence-electron chi connectivity index (χ2n) is 7.73. The zero-order valence-electron chi connectivity index (χ0n) is 15.8. The van der Waals surface area contributed by atoms with Gasteiger partial charge in [0.2, 0.25) is 0 Å². The van der Waals surface area contributed by atoms with Crippen LogP contribution in [0.1, 0.15) is 57.1 Å². The van der Waals surface area contributed by atoms with Crippen molar-refractivity contribution in [3.8, 4) is 0 Å². The number of nitrogens with zero attached hydrogens (tertiary/aromatic N) is 3. The van der Waals surface area contributed by atoms with Crippen molar-refractivity contribution < 1.29 is 9.47 Å². The van der Waals surface area contributed by atoms with Crippen LogP contribution in [-0.4, -0.2) is 57.8 Å². The zero-order chi connectivity index (χ0) is 18.3. The Hall–Kier alpha value is -1.70. The van der Waals surface area contributed by atoms with E-state index >= 15 is 0 Å². The average molecular weight is 360 g/mol. The predicted molar refractivity (Wildman–Crippen MR) is 98.6 cm³/mol. The molecule has 0 aliphatic carbocycles. The summed E-state index contributed by atoms with van der Waals surface area (Å²) < 4.78 is 13.3. The van der Waals surface area contributed by atoms with Crippen LogP contribution in [0.3, 0.4) is 0 Å². The number of likely N-dealkylation sites (tertiary alicyclic amines) is 1. The first-order chi connectivity index (χ1) is 12.5. The molecule has 1 N–H and O–H groups in total. The molecule has 7 nitrogen and oxygen atoms in total. The summed E-state index contributed by atoms with van der Waals surface area (Å²) in [6.45, 7) is 9.58. The van der Waals surface area contributed by atoms with Gasteiger partial charge in [0.15, 0.2) is 0 Å². The van der Waals surface area contributed by atoms with Gasteiger partial charge in [0.05, 0.1) is 24.1 Å². The minimum atomic E-state index is -0.0735. The second kappa shape index (κ2) is 7.13. The molecule has 0 spiro atoms. The normalized spacial score (nSPS) is 21.4. The van der Waals surface area contributed by atoms with Gasteiger partial charge >= 0.3 is 0 Å². The van der Waals surface area contributed by atoms with Crippen LogP contribution in [0.2, 0.25) is 0 Å². The molecular formula is C19H28N4O3. The van der Waals surface area contributed by atoms with E-state index in [1.165, 1.54) is 0 Å². The standard InChI is InChI=1S/C19H28N4O3/c1-12(2)26-15-9-22(10-15)13(3)16-11-23-17(19(24)21-16)8-20-18(23)14-4-6-25-7-5-14/h8,11-15H,4-7,9-10H2,1-3H3,(H,21,24). The van der Waals surface area contributed by atoms with Crippen molar-refractivity contribution in [1.29, 1.82) is 0 Å². The largest absolute Gasteiger partial charge is 0.381 e. The van der Waals surface area contributed by atoms with Crippen LogP contribution in [0.5, 0.6) is 0 Å². The third-order valence-corrected chi connectivity index (χ3v) is 5.51. The number of aromatic nitrogens is 3. The molecule has 7 heteroatoms. The van der Waals surface area contributed by atoms with Gasteiger partial charge in [-0.15, -0.1) is 0 Å². The number of hydrogen-bond donors (Lipinski definition) is 1. The Morgan fingerprint density at radius 2 is 2.00 bits per heavy atom. The summed E-state index contributed by atoms with van der Waals surface area (Å²) in [5.74, 6) is 1.33. The van der Waals surface area contributed by atoms with Crippen LogP contribution in [0.4, 0.5) is 0 Å². The van der Waals surface area contributed by atoms with Crippen molar-refractivity contribution in [3.63, 3.8) is 0 Å². The fourth-order valence-electron chi connectivity index (χ4n) is 3.97. The molecule has 0 radical (unpaired) electrons. The Kier molecular flexibility index (Phi) is 4.86. The van der Waals surface area contributed by atoms with Gasteiger partial charge in [-0.3, -0.25) is 14.1 Å². The topological polar surface area (TPSA) is 71.9 Å². The van der Waals surface area contributed by atoms with Crippen LogP contribution in [0, 0.1) is 0 Å². The van der Waals surface area contributed by atoms with Gasteiger partial charge in [-0.1, -0.05) is 0 Å². The van der Waals surface area contributed by atoms with E-state index in [9.17, 15) is 4.79 Å². The lowest BCUT2D eigenvalue weighted by atomic mass is 9.99. The Balaban J connectivity index is 1.57. The molecule has 0 aromatic carbocycles. The molecule has 1 atom stereocenters. The van der Waals surface area contributed by atoms with E-state index in [1.54, 1.807) is 6.20 Å². The van der Waals surface area contributed by atoms with Crippen LogP contribution in [0.25, 0.3) is 5.52 Å². The number of nitrogens with one attached hydrogen (secondary N) is 1. The molecule has 26 heavy (non-hydrogen) atoms. The van der Waals surface area contributed by atoms with Gasteiger partial charge in [0.1, 0.15) is 11.3 Å². The SMILES string of the molecule is CC(C)OC1CN(C(C)c2cn3c(C4CCOCC4)ncc3c(=O)[nH]2)C1. The molecule has 2 aliphatic heterocycles. The molecule has 142 valence electrons. The highest BCUT2D eigenvalue weighted by Crippen LogP contribution is 2.28. The quantitative estimate of drug-likeness (QED) is 0.884. The number of fused-ring (bicyclic) bond motifs is 1. The first kappa shape index (κ1) is 17.7. The number of H-pyrrole nitrogens is 1. The van der Waals surface area contributed by atoms with Crippen LogP contribution < -0.4 is 5.56 Å². The molecule has 0 bridgehead atoms.